The first-order valence-electron chi connectivity index (χ1n) is 6.61. The lowest BCUT2D eigenvalue weighted by molar-refractivity contribution is -0.116. The van der Waals surface area contributed by atoms with Crippen LogP contribution < -0.4 is 16.4 Å². The van der Waals surface area contributed by atoms with Crippen molar-refractivity contribution in [3.05, 3.63) is 54.6 Å². The average Bonchev–Trinajstić information content (AvgIpc) is 2.41. The van der Waals surface area contributed by atoms with Crippen LogP contribution in [0.5, 0.6) is 0 Å². The van der Waals surface area contributed by atoms with Crippen molar-refractivity contribution in [1.29, 1.82) is 0 Å². The molecule has 1 atom stereocenters. The molecule has 0 bridgehead atoms. The third-order valence-corrected chi connectivity index (χ3v) is 2.76. The largest absolute Gasteiger partial charge is 0.354 e. The first-order valence-corrected chi connectivity index (χ1v) is 6.61. The fraction of sp³-hybridized carbons (Fsp3) is 0.188. The van der Waals surface area contributed by atoms with Crippen LogP contribution in [0.1, 0.15) is 13.3 Å². The van der Waals surface area contributed by atoms with Gasteiger partial charge in [0.1, 0.15) is 0 Å². The van der Waals surface area contributed by atoms with Gasteiger partial charge in [0.05, 0.1) is 11.4 Å². The van der Waals surface area contributed by atoms with Crippen LogP contribution in [0.25, 0.3) is 0 Å². The van der Waals surface area contributed by atoms with Gasteiger partial charge in [-0.25, -0.2) is 0 Å². The van der Waals surface area contributed by atoms with Crippen molar-refractivity contribution >= 4 is 23.0 Å². The van der Waals surface area contributed by atoms with Gasteiger partial charge in [0.25, 0.3) is 0 Å². The van der Waals surface area contributed by atoms with E-state index in [-0.39, 0.29) is 11.9 Å². The van der Waals surface area contributed by atoms with Crippen LogP contribution >= 0.6 is 0 Å². The molecule has 0 radical (unpaired) electrons. The minimum Gasteiger partial charge on any atom is -0.354 e. The van der Waals surface area contributed by atoms with E-state index in [9.17, 15) is 4.79 Å². The molecule has 4 N–H and O–H groups in total. The van der Waals surface area contributed by atoms with Crippen LogP contribution in [-0.2, 0) is 4.79 Å². The summed E-state index contributed by atoms with van der Waals surface area (Å²) in [5, 5.41) is 6.17. The number of hydrogen-bond donors (Lipinski definition) is 3. The zero-order valence-corrected chi connectivity index (χ0v) is 11.5. The van der Waals surface area contributed by atoms with Crippen molar-refractivity contribution in [2.75, 3.05) is 10.6 Å². The second-order valence-corrected chi connectivity index (χ2v) is 4.77. The molecule has 0 aliphatic carbocycles. The molecule has 0 heterocycles. The first-order chi connectivity index (χ1) is 9.65. The highest BCUT2D eigenvalue weighted by Crippen LogP contribution is 2.25. The minimum absolute atomic E-state index is 0.0812. The summed E-state index contributed by atoms with van der Waals surface area (Å²) in [4.78, 5) is 11.8. The normalized spacial score (nSPS) is 11.7. The molecule has 0 aliphatic rings. The monoisotopic (exact) mass is 269 g/mol. The van der Waals surface area contributed by atoms with E-state index in [0.29, 0.717) is 6.42 Å². The molecule has 20 heavy (non-hydrogen) atoms. The van der Waals surface area contributed by atoms with Crippen molar-refractivity contribution in [1.82, 2.24) is 0 Å². The van der Waals surface area contributed by atoms with Gasteiger partial charge in [-0.15, -0.1) is 0 Å². The molecular formula is C16H19N3O. The Hall–Kier alpha value is -2.33. The minimum atomic E-state index is -0.149. The summed E-state index contributed by atoms with van der Waals surface area (Å²) in [5.41, 5.74) is 8.22. The summed E-state index contributed by atoms with van der Waals surface area (Å²) in [6.45, 7) is 1.81. The smallest absolute Gasteiger partial charge is 0.225 e. The Kier molecular flexibility index (Phi) is 4.74. The molecule has 0 saturated heterocycles. The molecule has 2 rings (SSSR count). The van der Waals surface area contributed by atoms with Gasteiger partial charge in [0, 0.05) is 18.2 Å². The van der Waals surface area contributed by atoms with Crippen LogP contribution in [0.15, 0.2) is 54.6 Å². The molecule has 2 aromatic carbocycles. The number of para-hydroxylation sites is 3. The van der Waals surface area contributed by atoms with E-state index in [1.807, 2.05) is 61.5 Å². The second kappa shape index (κ2) is 6.73. The highest BCUT2D eigenvalue weighted by Gasteiger charge is 2.08. The van der Waals surface area contributed by atoms with Crippen LogP contribution in [0, 0.1) is 0 Å². The highest BCUT2D eigenvalue weighted by atomic mass is 16.1. The molecule has 2 aromatic rings. The molecule has 1 amide bonds. The van der Waals surface area contributed by atoms with Gasteiger partial charge >= 0.3 is 0 Å². The number of hydrogen-bond acceptors (Lipinski definition) is 3. The number of carbonyl (C=O) groups is 1. The Bertz CT molecular complexity index is 567. The molecule has 0 aromatic heterocycles. The third-order valence-electron chi connectivity index (χ3n) is 2.76. The van der Waals surface area contributed by atoms with E-state index in [1.54, 1.807) is 0 Å². The van der Waals surface area contributed by atoms with Gasteiger partial charge in [-0.05, 0) is 31.2 Å². The summed E-state index contributed by atoms with van der Waals surface area (Å²) in [6.07, 6.45) is 0.305. The SMILES string of the molecule is CC(N)CC(=O)Nc1ccccc1Nc1ccccc1. The maximum atomic E-state index is 11.8. The van der Waals surface area contributed by atoms with Crippen molar-refractivity contribution in [3.63, 3.8) is 0 Å². The summed E-state index contributed by atoms with van der Waals surface area (Å²) in [5.74, 6) is -0.0812. The Morgan fingerprint density at radius 1 is 1.05 bits per heavy atom. The molecule has 0 spiro atoms. The van der Waals surface area contributed by atoms with Gasteiger partial charge in [-0.1, -0.05) is 30.3 Å². The Labute approximate surface area is 119 Å². The summed E-state index contributed by atoms with van der Waals surface area (Å²) in [6, 6.07) is 17.3. The van der Waals surface area contributed by atoms with Crippen LogP contribution in [-0.4, -0.2) is 11.9 Å². The lowest BCUT2D eigenvalue weighted by atomic mass is 10.2. The Balaban J connectivity index is 2.12. The van der Waals surface area contributed by atoms with Gasteiger partial charge in [0.15, 0.2) is 0 Å². The topological polar surface area (TPSA) is 67.2 Å². The van der Waals surface area contributed by atoms with Crippen LogP contribution in [0.3, 0.4) is 0 Å². The first kappa shape index (κ1) is 14.1. The van der Waals surface area contributed by atoms with E-state index in [2.05, 4.69) is 10.6 Å². The van der Waals surface area contributed by atoms with E-state index < -0.39 is 0 Å². The Morgan fingerprint density at radius 3 is 2.30 bits per heavy atom. The van der Waals surface area contributed by atoms with E-state index in [4.69, 9.17) is 5.73 Å². The van der Waals surface area contributed by atoms with E-state index in [1.165, 1.54) is 0 Å². The standard InChI is InChI=1S/C16H19N3O/c1-12(17)11-16(20)19-15-10-6-5-9-14(15)18-13-7-3-2-4-8-13/h2-10,12,18H,11,17H2,1H3,(H,19,20). The maximum absolute atomic E-state index is 11.8. The number of nitrogens with one attached hydrogen (secondary N) is 2. The van der Waals surface area contributed by atoms with Crippen LogP contribution in [0.4, 0.5) is 17.1 Å². The molecule has 1 unspecified atom stereocenters. The molecule has 4 nitrogen and oxygen atoms in total. The van der Waals surface area contributed by atoms with E-state index >= 15 is 0 Å². The number of anilines is 3. The lowest BCUT2D eigenvalue weighted by Gasteiger charge is -2.13. The molecule has 4 heteroatoms. The Morgan fingerprint density at radius 2 is 1.65 bits per heavy atom. The van der Waals surface area contributed by atoms with Gasteiger partial charge in [-0.3, -0.25) is 4.79 Å². The number of carbonyl (C=O) groups excluding carboxylic acids is 1. The zero-order valence-electron chi connectivity index (χ0n) is 11.5. The highest BCUT2D eigenvalue weighted by molar-refractivity contribution is 5.95. The number of benzene rings is 2. The fourth-order valence-electron chi connectivity index (χ4n) is 1.87. The summed E-state index contributed by atoms with van der Waals surface area (Å²) in [7, 11) is 0. The van der Waals surface area contributed by atoms with Crippen LogP contribution in [0.2, 0.25) is 0 Å². The molecule has 0 aliphatic heterocycles. The predicted octanol–water partition coefficient (Wildman–Crippen LogP) is 3.11. The fourth-order valence-corrected chi connectivity index (χ4v) is 1.87. The third kappa shape index (κ3) is 4.10. The molecule has 104 valence electrons. The molecule has 0 saturated carbocycles. The number of amides is 1. The van der Waals surface area contributed by atoms with Crippen molar-refractivity contribution in [2.24, 2.45) is 5.73 Å². The number of nitrogens with two attached hydrogens (primary N) is 1. The van der Waals surface area contributed by atoms with Gasteiger partial charge in [-0.2, -0.15) is 0 Å². The van der Waals surface area contributed by atoms with E-state index in [0.717, 1.165) is 17.1 Å². The van der Waals surface area contributed by atoms with Crippen molar-refractivity contribution in [3.8, 4) is 0 Å². The van der Waals surface area contributed by atoms with Crippen molar-refractivity contribution in [2.45, 2.75) is 19.4 Å². The molecule has 0 fully saturated rings. The van der Waals surface area contributed by atoms with Gasteiger partial charge in [0.2, 0.25) is 5.91 Å². The van der Waals surface area contributed by atoms with Crippen molar-refractivity contribution < 1.29 is 4.79 Å². The second-order valence-electron chi connectivity index (χ2n) is 4.77. The average molecular weight is 269 g/mol. The van der Waals surface area contributed by atoms with Gasteiger partial charge < -0.3 is 16.4 Å². The number of rotatable bonds is 5. The lowest BCUT2D eigenvalue weighted by Crippen LogP contribution is -2.24. The molecular weight excluding hydrogens is 250 g/mol. The predicted molar refractivity (Wildman–Crippen MR) is 83.1 cm³/mol. The summed E-state index contributed by atoms with van der Waals surface area (Å²) >= 11 is 0. The quantitative estimate of drug-likeness (QED) is 0.781. The maximum Gasteiger partial charge on any atom is 0.225 e. The summed E-state index contributed by atoms with van der Waals surface area (Å²) < 4.78 is 0. The zero-order chi connectivity index (χ0) is 14.4.